The predicted octanol–water partition coefficient (Wildman–Crippen LogP) is 3.47. The smallest absolute Gasteiger partial charge is 0.240 e. The van der Waals surface area contributed by atoms with Crippen molar-refractivity contribution in [3.8, 4) is 11.5 Å². The van der Waals surface area contributed by atoms with Crippen LogP contribution in [0.15, 0.2) is 58.3 Å². The maximum Gasteiger partial charge on any atom is 0.240 e. The summed E-state index contributed by atoms with van der Waals surface area (Å²) in [6.45, 7) is 2.68. The Kier molecular flexibility index (Phi) is 6.34. The van der Waals surface area contributed by atoms with Gasteiger partial charge < -0.3 is 14.2 Å². The Balaban J connectivity index is 1.51. The molecular weight excluding hydrogens is 410 g/mol. The van der Waals surface area contributed by atoms with Crippen molar-refractivity contribution in [3.63, 3.8) is 0 Å². The van der Waals surface area contributed by atoms with Gasteiger partial charge in [-0.05, 0) is 37.1 Å². The number of thioether (sulfide) groups is 1. The maximum atomic E-state index is 13.0. The molecule has 2 aromatic carbocycles. The highest BCUT2D eigenvalue weighted by atomic mass is 32.2. The van der Waals surface area contributed by atoms with Crippen molar-refractivity contribution >= 4 is 21.8 Å². The molecule has 2 aliphatic rings. The molecule has 0 radical (unpaired) electrons. The molecule has 0 saturated carbocycles. The van der Waals surface area contributed by atoms with Crippen LogP contribution in [0.1, 0.15) is 19.3 Å². The second-order valence-electron chi connectivity index (χ2n) is 7.19. The Morgan fingerprint density at radius 2 is 1.66 bits per heavy atom. The lowest BCUT2D eigenvalue weighted by molar-refractivity contribution is 0.0784. The van der Waals surface area contributed by atoms with E-state index < -0.39 is 10.0 Å². The van der Waals surface area contributed by atoms with Gasteiger partial charge in [0.15, 0.2) is 11.5 Å². The van der Waals surface area contributed by atoms with Gasteiger partial charge >= 0.3 is 0 Å². The molecule has 0 atom stereocenters. The standard InChI is InChI=1S/C21H25NO5S2/c23-29(24,18-7-8-19-20(15-18)27-12-4-11-26-19)22-16-21(9-13-25-14-10-21)28-17-5-2-1-3-6-17/h1-3,5-8,15,22H,4,9-14,16H2. The van der Waals surface area contributed by atoms with Crippen molar-refractivity contribution in [2.75, 3.05) is 33.0 Å². The average Bonchev–Trinajstić information content (AvgIpc) is 2.99. The molecule has 0 aromatic heterocycles. The van der Waals surface area contributed by atoms with E-state index in [1.165, 1.54) is 0 Å². The highest BCUT2D eigenvalue weighted by molar-refractivity contribution is 8.00. The van der Waals surface area contributed by atoms with Crippen molar-refractivity contribution in [2.45, 2.75) is 33.8 Å². The maximum absolute atomic E-state index is 13.0. The van der Waals surface area contributed by atoms with Gasteiger partial charge in [0, 0.05) is 41.9 Å². The summed E-state index contributed by atoms with van der Waals surface area (Å²) in [6.07, 6.45) is 2.35. The van der Waals surface area contributed by atoms with E-state index in [9.17, 15) is 8.42 Å². The lowest BCUT2D eigenvalue weighted by Gasteiger charge is -2.36. The fraction of sp³-hybridized carbons (Fsp3) is 0.429. The molecule has 2 heterocycles. The Morgan fingerprint density at radius 3 is 2.41 bits per heavy atom. The van der Waals surface area contributed by atoms with Crippen LogP contribution in [0.2, 0.25) is 0 Å². The van der Waals surface area contributed by atoms with Gasteiger partial charge in [-0.2, -0.15) is 0 Å². The number of hydrogen-bond acceptors (Lipinski definition) is 6. The number of nitrogens with one attached hydrogen (secondary N) is 1. The number of sulfonamides is 1. The van der Waals surface area contributed by atoms with E-state index in [1.807, 2.05) is 18.2 Å². The molecule has 6 nitrogen and oxygen atoms in total. The summed E-state index contributed by atoms with van der Waals surface area (Å²) < 4.78 is 45.3. The van der Waals surface area contributed by atoms with Crippen molar-refractivity contribution in [1.82, 2.24) is 4.72 Å². The zero-order chi connectivity index (χ0) is 20.2. The number of benzene rings is 2. The topological polar surface area (TPSA) is 73.9 Å². The van der Waals surface area contributed by atoms with Crippen LogP contribution in [0, 0.1) is 0 Å². The molecule has 1 N–H and O–H groups in total. The van der Waals surface area contributed by atoms with Gasteiger partial charge in [-0.3, -0.25) is 0 Å². The van der Waals surface area contributed by atoms with Crippen molar-refractivity contribution < 1.29 is 22.6 Å². The Hall–Kier alpha value is -1.74. The first-order valence-corrected chi connectivity index (χ1v) is 12.1. The third-order valence-electron chi connectivity index (χ3n) is 5.10. The van der Waals surface area contributed by atoms with Crippen LogP contribution in [-0.2, 0) is 14.8 Å². The molecule has 0 aliphatic carbocycles. The van der Waals surface area contributed by atoms with Gasteiger partial charge in [0.25, 0.3) is 0 Å². The van der Waals surface area contributed by atoms with E-state index in [-0.39, 0.29) is 9.64 Å². The number of rotatable bonds is 6. The molecule has 0 spiro atoms. The highest BCUT2D eigenvalue weighted by Gasteiger charge is 2.35. The van der Waals surface area contributed by atoms with Gasteiger partial charge in [0.05, 0.1) is 18.1 Å². The first-order chi connectivity index (χ1) is 14.1. The molecule has 2 aliphatic heterocycles. The molecule has 8 heteroatoms. The van der Waals surface area contributed by atoms with E-state index in [2.05, 4.69) is 16.9 Å². The van der Waals surface area contributed by atoms with Crippen LogP contribution in [0.4, 0.5) is 0 Å². The molecule has 0 bridgehead atoms. The van der Waals surface area contributed by atoms with Crippen LogP contribution in [-0.4, -0.2) is 46.1 Å². The number of fused-ring (bicyclic) bond motifs is 1. The summed E-state index contributed by atoms with van der Waals surface area (Å²) in [5.41, 5.74) is 0. The van der Waals surface area contributed by atoms with Crippen LogP contribution in [0.3, 0.4) is 0 Å². The molecular formula is C21H25NO5S2. The lowest BCUT2D eigenvalue weighted by atomic mass is 9.99. The Labute approximate surface area is 176 Å². The van der Waals surface area contributed by atoms with Crippen molar-refractivity contribution in [2.24, 2.45) is 0 Å². The molecule has 1 fully saturated rings. The zero-order valence-corrected chi connectivity index (χ0v) is 17.8. The minimum Gasteiger partial charge on any atom is -0.490 e. The van der Waals surface area contributed by atoms with Crippen LogP contribution in [0.25, 0.3) is 0 Å². The van der Waals surface area contributed by atoms with Gasteiger partial charge in [0.1, 0.15) is 0 Å². The van der Waals surface area contributed by atoms with Gasteiger partial charge in [-0.25, -0.2) is 13.1 Å². The number of ether oxygens (including phenoxy) is 3. The zero-order valence-electron chi connectivity index (χ0n) is 16.1. The normalized spacial score (nSPS) is 18.8. The van der Waals surface area contributed by atoms with E-state index in [0.717, 1.165) is 24.2 Å². The predicted molar refractivity (Wildman–Crippen MR) is 112 cm³/mol. The largest absolute Gasteiger partial charge is 0.490 e. The molecule has 2 aromatic rings. The molecule has 0 unspecified atom stereocenters. The molecule has 4 rings (SSSR count). The van der Waals surface area contributed by atoms with Crippen LogP contribution in [0.5, 0.6) is 11.5 Å². The Morgan fingerprint density at radius 1 is 0.931 bits per heavy atom. The minimum absolute atomic E-state index is 0.189. The fourth-order valence-corrected chi connectivity index (χ4v) is 5.96. The molecule has 1 saturated heterocycles. The third-order valence-corrected chi connectivity index (χ3v) is 7.99. The monoisotopic (exact) mass is 435 g/mol. The van der Waals surface area contributed by atoms with Crippen molar-refractivity contribution in [1.29, 1.82) is 0 Å². The van der Waals surface area contributed by atoms with E-state index in [1.54, 1.807) is 30.0 Å². The highest BCUT2D eigenvalue weighted by Crippen LogP contribution is 2.40. The second kappa shape index (κ2) is 8.95. The van der Waals surface area contributed by atoms with Crippen LogP contribution < -0.4 is 14.2 Å². The van der Waals surface area contributed by atoms with E-state index >= 15 is 0 Å². The van der Waals surface area contributed by atoms with Gasteiger partial charge in [-0.15, -0.1) is 11.8 Å². The van der Waals surface area contributed by atoms with E-state index in [0.29, 0.717) is 44.5 Å². The fourth-order valence-electron chi connectivity index (χ4n) is 3.42. The summed E-state index contributed by atoms with van der Waals surface area (Å²) in [5.74, 6) is 1.06. The summed E-state index contributed by atoms with van der Waals surface area (Å²) in [4.78, 5) is 1.32. The summed E-state index contributed by atoms with van der Waals surface area (Å²) in [5, 5.41) is 0. The quantitative estimate of drug-likeness (QED) is 0.749. The van der Waals surface area contributed by atoms with Gasteiger partial charge in [-0.1, -0.05) is 18.2 Å². The summed E-state index contributed by atoms with van der Waals surface area (Å²) >= 11 is 1.72. The Bertz CT molecular complexity index is 927. The minimum atomic E-state index is -3.68. The van der Waals surface area contributed by atoms with Crippen molar-refractivity contribution in [3.05, 3.63) is 48.5 Å². The summed E-state index contributed by atoms with van der Waals surface area (Å²) in [7, 11) is -3.68. The van der Waals surface area contributed by atoms with Crippen LogP contribution >= 0.6 is 11.8 Å². The summed E-state index contributed by atoms with van der Waals surface area (Å²) in [6, 6.07) is 14.9. The molecule has 29 heavy (non-hydrogen) atoms. The SMILES string of the molecule is O=S(=O)(NCC1(Sc2ccccc2)CCOCC1)c1ccc2c(c1)OCCCO2. The molecule has 0 amide bonds. The molecule has 156 valence electrons. The third kappa shape index (κ3) is 5.06. The number of hydrogen-bond donors (Lipinski definition) is 1. The van der Waals surface area contributed by atoms with Gasteiger partial charge in [0.2, 0.25) is 10.0 Å². The first-order valence-electron chi connectivity index (χ1n) is 9.78. The second-order valence-corrected chi connectivity index (χ2v) is 10.5. The van der Waals surface area contributed by atoms with E-state index in [4.69, 9.17) is 14.2 Å². The lowest BCUT2D eigenvalue weighted by Crippen LogP contribution is -2.44. The average molecular weight is 436 g/mol. The first kappa shape index (κ1) is 20.5.